The first kappa shape index (κ1) is 18.7. The van der Waals surface area contributed by atoms with E-state index in [4.69, 9.17) is 9.47 Å². The number of nitrogens with zero attached hydrogens (tertiary/aromatic N) is 5. The molecule has 0 bridgehead atoms. The van der Waals surface area contributed by atoms with Crippen LogP contribution in [0.25, 0.3) is 5.69 Å². The van der Waals surface area contributed by atoms with E-state index >= 15 is 0 Å². The number of hydrogen-bond donors (Lipinski definition) is 0. The lowest BCUT2D eigenvalue weighted by atomic mass is 10.0. The lowest BCUT2D eigenvalue weighted by molar-refractivity contribution is 0.0568. The molecule has 1 saturated heterocycles. The number of aromatic nitrogens is 3. The van der Waals surface area contributed by atoms with Crippen LogP contribution in [-0.4, -0.2) is 77.1 Å². The third-order valence-electron chi connectivity index (χ3n) is 5.33. The van der Waals surface area contributed by atoms with E-state index in [-0.39, 0.29) is 11.9 Å². The number of fused-ring (bicyclic) bond motifs is 1. The minimum atomic E-state index is -0.0344. The molecule has 0 aliphatic carbocycles. The molecule has 28 heavy (non-hydrogen) atoms. The third-order valence-corrected chi connectivity index (χ3v) is 5.33. The summed E-state index contributed by atoms with van der Waals surface area (Å²) in [5.74, 6) is 1.38. The van der Waals surface area contributed by atoms with E-state index in [9.17, 15) is 4.79 Å². The standard InChI is InChI=1S/C20H27N5O3/c1-14-19(20(26)24-9-5-4-6-16(24)13-23(2)3)21-22-25(14)15-7-8-17-18(12-15)28-11-10-27-17/h7-8,12,16H,4-6,9-11,13H2,1-3H3/t16-/m1/s1. The van der Waals surface area contributed by atoms with Crippen molar-refractivity contribution in [3.63, 3.8) is 0 Å². The van der Waals surface area contributed by atoms with Gasteiger partial charge in [0.2, 0.25) is 0 Å². The summed E-state index contributed by atoms with van der Waals surface area (Å²) in [4.78, 5) is 17.3. The van der Waals surface area contributed by atoms with E-state index in [0.717, 1.165) is 49.5 Å². The Morgan fingerprint density at radius 2 is 2.00 bits per heavy atom. The van der Waals surface area contributed by atoms with Crippen LogP contribution in [0, 0.1) is 6.92 Å². The van der Waals surface area contributed by atoms with Crippen LogP contribution in [0.4, 0.5) is 0 Å². The highest BCUT2D eigenvalue weighted by molar-refractivity contribution is 5.93. The zero-order valence-electron chi connectivity index (χ0n) is 16.7. The van der Waals surface area contributed by atoms with E-state index in [0.29, 0.717) is 24.7 Å². The molecule has 150 valence electrons. The average molecular weight is 385 g/mol. The number of benzene rings is 1. The zero-order valence-corrected chi connectivity index (χ0v) is 16.7. The van der Waals surface area contributed by atoms with Gasteiger partial charge in [-0.2, -0.15) is 0 Å². The van der Waals surface area contributed by atoms with Crippen LogP contribution < -0.4 is 9.47 Å². The molecule has 0 saturated carbocycles. The summed E-state index contributed by atoms with van der Waals surface area (Å²) < 4.78 is 12.9. The molecule has 2 aromatic rings. The Hall–Kier alpha value is -2.61. The lowest BCUT2D eigenvalue weighted by Crippen LogP contribution is -2.48. The van der Waals surface area contributed by atoms with Gasteiger partial charge >= 0.3 is 0 Å². The summed E-state index contributed by atoms with van der Waals surface area (Å²) in [6, 6.07) is 5.86. The van der Waals surface area contributed by atoms with Crippen LogP contribution in [0.15, 0.2) is 18.2 Å². The number of likely N-dealkylation sites (N-methyl/N-ethyl adjacent to an activating group) is 1. The van der Waals surface area contributed by atoms with Crippen molar-refractivity contribution >= 4 is 5.91 Å². The molecule has 1 amide bonds. The average Bonchev–Trinajstić information content (AvgIpc) is 3.08. The summed E-state index contributed by atoms with van der Waals surface area (Å²) in [6.07, 6.45) is 3.22. The van der Waals surface area contributed by atoms with Crippen LogP contribution in [0.3, 0.4) is 0 Å². The fraction of sp³-hybridized carbons (Fsp3) is 0.550. The van der Waals surface area contributed by atoms with E-state index in [1.54, 1.807) is 4.68 Å². The number of rotatable bonds is 4. The molecule has 3 heterocycles. The highest BCUT2D eigenvalue weighted by Crippen LogP contribution is 2.32. The lowest BCUT2D eigenvalue weighted by Gasteiger charge is -2.36. The quantitative estimate of drug-likeness (QED) is 0.801. The Bertz CT molecular complexity index is 864. The van der Waals surface area contributed by atoms with Crippen molar-refractivity contribution < 1.29 is 14.3 Å². The molecule has 8 nitrogen and oxygen atoms in total. The zero-order chi connectivity index (χ0) is 19.7. The van der Waals surface area contributed by atoms with Gasteiger partial charge in [-0.15, -0.1) is 5.10 Å². The summed E-state index contributed by atoms with van der Waals surface area (Å²) >= 11 is 0. The first-order valence-corrected chi connectivity index (χ1v) is 9.82. The van der Waals surface area contributed by atoms with Gasteiger partial charge in [0.1, 0.15) is 13.2 Å². The maximum absolute atomic E-state index is 13.2. The van der Waals surface area contributed by atoms with Gasteiger partial charge in [-0.05, 0) is 52.4 Å². The van der Waals surface area contributed by atoms with Crippen molar-refractivity contribution in [3.8, 4) is 17.2 Å². The fourth-order valence-electron chi connectivity index (χ4n) is 3.95. The van der Waals surface area contributed by atoms with Crippen LogP contribution in [0.1, 0.15) is 35.4 Å². The fourth-order valence-corrected chi connectivity index (χ4v) is 3.95. The smallest absolute Gasteiger partial charge is 0.276 e. The van der Waals surface area contributed by atoms with Gasteiger partial charge < -0.3 is 19.3 Å². The molecule has 1 fully saturated rings. The van der Waals surface area contributed by atoms with Crippen molar-refractivity contribution in [3.05, 3.63) is 29.6 Å². The Labute approximate surface area is 165 Å². The molecule has 0 N–H and O–H groups in total. The van der Waals surface area contributed by atoms with Gasteiger partial charge in [0, 0.05) is 25.2 Å². The molecule has 0 radical (unpaired) electrons. The SMILES string of the molecule is Cc1c(C(=O)N2CCCC[C@@H]2CN(C)C)nnn1-c1ccc2c(c1)OCCO2. The Morgan fingerprint density at radius 1 is 1.21 bits per heavy atom. The minimum absolute atomic E-state index is 0.0344. The van der Waals surface area contributed by atoms with Gasteiger partial charge in [-0.3, -0.25) is 4.79 Å². The van der Waals surface area contributed by atoms with Gasteiger partial charge in [0.15, 0.2) is 17.2 Å². The topological polar surface area (TPSA) is 72.7 Å². The van der Waals surface area contributed by atoms with Gasteiger partial charge in [-0.1, -0.05) is 5.21 Å². The summed E-state index contributed by atoms with van der Waals surface area (Å²) in [5.41, 5.74) is 1.95. The second-order valence-corrected chi connectivity index (χ2v) is 7.67. The van der Waals surface area contributed by atoms with Crippen LogP contribution in [0.5, 0.6) is 11.5 Å². The predicted molar refractivity (Wildman–Crippen MR) is 104 cm³/mol. The van der Waals surface area contributed by atoms with E-state index in [2.05, 4.69) is 15.2 Å². The number of amides is 1. The molecule has 1 aromatic heterocycles. The molecule has 2 aliphatic rings. The number of ether oxygens (including phenoxy) is 2. The molecule has 1 aromatic carbocycles. The van der Waals surface area contributed by atoms with Crippen LogP contribution >= 0.6 is 0 Å². The summed E-state index contributed by atoms with van der Waals surface area (Å²) in [6.45, 7) is 4.60. The molecule has 0 spiro atoms. The molecule has 2 aliphatic heterocycles. The van der Waals surface area contributed by atoms with Crippen molar-refractivity contribution in [2.75, 3.05) is 40.4 Å². The van der Waals surface area contributed by atoms with Crippen LogP contribution in [0.2, 0.25) is 0 Å². The Morgan fingerprint density at radius 3 is 2.79 bits per heavy atom. The van der Waals surface area contributed by atoms with Crippen molar-refractivity contribution in [1.29, 1.82) is 0 Å². The number of likely N-dealkylation sites (tertiary alicyclic amines) is 1. The second kappa shape index (κ2) is 7.79. The first-order chi connectivity index (χ1) is 13.5. The Kier molecular flexibility index (Phi) is 5.21. The Balaban J connectivity index is 1.60. The van der Waals surface area contributed by atoms with Crippen molar-refractivity contribution in [1.82, 2.24) is 24.8 Å². The maximum Gasteiger partial charge on any atom is 0.276 e. The number of hydrogen-bond acceptors (Lipinski definition) is 6. The minimum Gasteiger partial charge on any atom is -0.486 e. The van der Waals surface area contributed by atoms with Crippen molar-refractivity contribution in [2.45, 2.75) is 32.2 Å². The largest absolute Gasteiger partial charge is 0.486 e. The first-order valence-electron chi connectivity index (χ1n) is 9.82. The molecule has 1 atom stereocenters. The maximum atomic E-state index is 13.2. The van der Waals surface area contributed by atoms with E-state index < -0.39 is 0 Å². The van der Waals surface area contributed by atoms with Gasteiger partial charge in [0.25, 0.3) is 5.91 Å². The third kappa shape index (κ3) is 3.56. The molecule has 0 unspecified atom stereocenters. The molecule has 8 heteroatoms. The van der Waals surface area contributed by atoms with Gasteiger partial charge in [0.05, 0.1) is 11.4 Å². The summed E-state index contributed by atoms with van der Waals surface area (Å²) in [5, 5.41) is 8.48. The second-order valence-electron chi connectivity index (χ2n) is 7.67. The predicted octanol–water partition coefficient (Wildman–Crippen LogP) is 1.90. The summed E-state index contributed by atoms with van der Waals surface area (Å²) in [7, 11) is 4.08. The van der Waals surface area contributed by atoms with E-state index in [1.165, 1.54) is 0 Å². The van der Waals surface area contributed by atoms with E-state index in [1.807, 2.05) is 44.1 Å². The highest BCUT2D eigenvalue weighted by Gasteiger charge is 2.31. The number of piperidine rings is 1. The van der Waals surface area contributed by atoms with Crippen molar-refractivity contribution in [2.24, 2.45) is 0 Å². The molecular formula is C20H27N5O3. The highest BCUT2D eigenvalue weighted by atomic mass is 16.6. The number of carbonyl (C=O) groups excluding carboxylic acids is 1. The number of carbonyl (C=O) groups is 1. The molecule has 4 rings (SSSR count). The monoisotopic (exact) mass is 385 g/mol. The normalized spacial score (nSPS) is 19.1. The van der Waals surface area contributed by atoms with Gasteiger partial charge in [-0.25, -0.2) is 4.68 Å². The van der Waals surface area contributed by atoms with Crippen LogP contribution in [-0.2, 0) is 0 Å². The molecular weight excluding hydrogens is 358 g/mol.